The molecule has 1 aromatic heterocycles. The van der Waals surface area contributed by atoms with E-state index in [2.05, 4.69) is 18.6 Å². The first-order valence-corrected chi connectivity index (χ1v) is 8.26. The van der Waals surface area contributed by atoms with Gasteiger partial charge in [-0.1, -0.05) is 25.4 Å². The van der Waals surface area contributed by atoms with Crippen molar-refractivity contribution in [2.24, 2.45) is 5.92 Å². The number of hydrogen-bond donors (Lipinski definition) is 1. The summed E-state index contributed by atoms with van der Waals surface area (Å²) in [5.41, 5.74) is 0. The van der Waals surface area contributed by atoms with E-state index in [0.29, 0.717) is 10.3 Å². The van der Waals surface area contributed by atoms with Crippen molar-refractivity contribution in [1.82, 2.24) is 4.72 Å². The van der Waals surface area contributed by atoms with Gasteiger partial charge in [-0.25, -0.2) is 13.1 Å². The molecule has 0 radical (unpaired) electrons. The molecule has 0 bridgehead atoms. The molecule has 1 aromatic rings. The predicted octanol–water partition coefficient (Wildman–Crippen LogP) is 3.50. The Bertz CT molecular complexity index is 454. The molecule has 3 nitrogen and oxygen atoms in total. The van der Waals surface area contributed by atoms with Gasteiger partial charge >= 0.3 is 0 Å². The SMILES string of the molecule is CC(C)CC[C@@H](C)NS(=O)(=O)c1ccc(Cl)s1. The summed E-state index contributed by atoms with van der Waals surface area (Å²) >= 11 is 6.81. The minimum absolute atomic E-state index is 0.0525. The Morgan fingerprint density at radius 3 is 2.41 bits per heavy atom. The lowest BCUT2D eigenvalue weighted by Crippen LogP contribution is -2.32. The highest BCUT2D eigenvalue weighted by molar-refractivity contribution is 7.91. The fourth-order valence-electron chi connectivity index (χ4n) is 1.41. The normalized spacial score (nSPS) is 14.2. The van der Waals surface area contributed by atoms with Gasteiger partial charge in [-0.15, -0.1) is 11.3 Å². The molecule has 1 atom stereocenters. The molecule has 0 saturated heterocycles. The quantitative estimate of drug-likeness (QED) is 0.873. The van der Waals surface area contributed by atoms with Crippen LogP contribution >= 0.6 is 22.9 Å². The number of nitrogens with one attached hydrogen (secondary N) is 1. The van der Waals surface area contributed by atoms with Crippen LogP contribution in [0.15, 0.2) is 16.3 Å². The maximum absolute atomic E-state index is 11.9. The number of sulfonamides is 1. The first kappa shape index (κ1) is 15.0. The van der Waals surface area contributed by atoms with Gasteiger partial charge in [0, 0.05) is 6.04 Å². The van der Waals surface area contributed by atoms with E-state index >= 15 is 0 Å². The standard InChI is InChI=1S/C11H18ClNO2S2/c1-8(2)4-5-9(3)13-17(14,15)11-7-6-10(12)16-11/h6-9,13H,4-5H2,1-3H3/t9-/m1/s1. The van der Waals surface area contributed by atoms with Crippen molar-refractivity contribution in [3.63, 3.8) is 0 Å². The highest BCUT2D eigenvalue weighted by atomic mass is 35.5. The maximum atomic E-state index is 11.9. The van der Waals surface area contributed by atoms with Crippen LogP contribution in [0, 0.1) is 5.92 Å². The third-order valence-electron chi connectivity index (χ3n) is 2.35. The average Bonchev–Trinajstić information content (AvgIpc) is 2.62. The molecule has 98 valence electrons. The highest BCUT2D eigenvalue weighted by Gasteiger charge is 2.19. The minimum Gasteiger partial charge on any atom is -0.208 e. The van der Waals surface area contributed by atoms with E-state index in [4.69, 9.17) is 11.6 Å². The van der Waals surface area contributed by atoms with E-state index < -0.39 is 10.0 Å². The second-order valence-corrected chi connectivity index (χ2v) is 8.21. The molecule has 0 unspecified atom stereocenters. The molecular weight excluding hydrogens is 278 g/mol. The third kappa shape index (κ3) is 4.95. The summed E-state index contributed by atoms with van der Waals surface area (Å²) in [5.74, 6) is 0.582. The van der Waals surface area contributed by atoms with Gasteiger partial charge in [0.25, 0.3) is 0 Å². The molecule has 0 spiro atoms. The number of rotatable bonds is 6. The van der Waals surface area contributed by atoms with Gasteiger partial charge in [0.1, 0.15) is 4.21 Å². The summed E-state index contributed by atoms with van der Waals surface area (Å²) < 4.78 is 27.3. The fourth-order valence-corrected chi connectivity index (χ4v) is 4.18. The summed E-state index contributed by atoms with van der Waals surface area (Å²) in [6, 6.07) is 3.08. The molecule has 0 saturated carbocycles. The molecule has 1 rings (SSSR count). The molecular formula is C11H18ClNO2S2. The zero-order valence-electron chi connectivity index (χ0n) is 10.2. The molecule has 0 aliphatic carbocycles. The third-order valence-corrected chi connectivity index (χ3v) is 5.66. The van der Waals surface area contributed by atoms with Gasteiger partial charge in [-0.3, -0.25) is 0 Å². The fraction of sp³-hybridized carbons (Fsp3) is 0.636. The maximum Gasteiger partial charge on any atom is 0.250 e. The molecule has 0 aliphatic heterocycles. The van der Waals surface area contributed by atoms with E-state index in [0.717, 1.165) is 24.2 Å². The van der Waals surface area contributed by atoms with Crippen LogP contribution in [0.2, 0.25) is 4.34 Å². The predicted molar refractivity (Wildman–Crippen MR) is 73.2 cm³/mol. The van der Waals surface area contributed by atoms with Crippen molar-refractivity contribution in [1.29, 1.82) is 0 Å². The molecule has 0 fully saturated rings. The lowest BCUT2D eigenvalue weighted by Gasteiger charge is -2.14. The Hall–Kier alpha value is -0.100. The number of hydrogen-bond acceptors (Lipinski definition) is 3. The number of thiophene rings is 1. The van der Waals surface area contributed by atoms with Gasteiger partial charge in [0.15, 0.2) is 0 Å². The zero-order valence-corrected chi connectivity index (χ0v) is 12.6. The van der Waals surface area contributed by atoms with Gasteiger partial charge in [-0.2, -0.15) is 0 Å². The molecule has 0 amide bonds. The van der Waals surface area contributed by atoms with Gasteiger partial charge in [-0.05, 0) is 37.8 Å². The number of halogens is 1. The Morgan fingerprint density at radius 2 is 1.94 bits per heavy atom. The Morgan fingerprint density at radius 1 is 1.29 bits per heavy atom. The Labute approximate surface area is 112 Å². The zero-order chi connectivity index (χ0) is 13.1. The van der Waals surface area contributed by atoms with E-state index in [9.17, 15) is 8.42 Å². The Kier molecular flexibility index (Phi) is 5.44. The molecule has 6 heteroatoms. The Balaban J connectivity index is 2.61. The first-order valence-electron chi connectivity index (χ1n) is 5.59. The summed E-state index contributed by atoms with van der Waals surface area (Å²) in [6.07, 6.45) is 1.85. The van der Waals surface area contributed by atoms with Crippen LogP contribution in [0.5, 0.6) is 0 Å². The van der Waals surface area contributed by atoms with Gasteiger partial charge in [0.05, 0.1) is 4.34 Å². The van der Waals surface area contributed by atoms with Crippen molar-refractivity contribution >= 4 is 33.0 Å². The van der Waals surface area contributed by atoms with Crippen molar-refractivity contribution in [2.75, 3.05) is 0 Å². The second-order valence-electron chi connectivity index (χ2n) is 4.55. The lowest BCUT2D eigenvalue weighted by molar-refractivity contribution is 0.486. The van der Waals surface area contributed by atoms with E-state index in [1.165, 1.54) is 6.07 Å². The molecule has 1 N–H and O–H groups in total. The summed E-state index contributed by atoms with van der Waals surface area (Å²) in [7, 11) is -3.40. The van der Waals surface area contributed by atoms with Gasteiger partial charge < -0.3 is 0 Å². The minimum atomic E-state index is -3.40. The van der Waals surface area contributed by atoms with Crippen molar-refractivity contribution in [2.45, 2.75) is 43.9 Å². The first-order chi connectivity index (χ1) is 7.81. The van der Waals surface area contributed by atoms with Crippen LogP contribution < -0.4 is 4.72 Å². The second kappa shape index (κ2) is 6.18. The van der Waals surface area contributed by atoms with Crippen LogP contribution in [0.25, 0.3) is 0 Å². The molecule has 1 heterocycles. The van der Waals surface area contributed by atoms with Crippen LogP contribution in [-0.4, -0.2) is 14.5 Å². The molecule has 0 aliphatic rings. The summed E-state index contributed by atoms with van der Waals surface area (Å²) in [6.45, 7) is 6.13. The van der Waals surface area contributed by atoms with Crippen LogP contribution in [-0.2, 0) is 10.0 Å². The van der Waals surface area contributed by atoms with Gasteiger partial charge in [0.2, 0.25) is 10.0 Å². The van der Waals surface area contributed by atoms with E-state index in [1.807, 2.05) is 6.92 Å². The largest absolute Gasteiger partial charge is 0.250 e. The molecule has 17 heavy (non-hydrogen) atoms. The van der Waals surface area contributed by atoms with Crippen molar-refractivity contribution in [3.05, 3.63) is 16.5 Å². The van der Waals surface area contributed by atoms with Crippen LogP contribution in [0.3, 0.4) is 0 Å². The topological polar surface area (TPSA) is 46.2 Å². The van der Waals surface area contributed by atoms with Crippen LogP contribution in [0.4, 0.5) is 0 Å². The summed E-state index contributed by atoms with van der Waals surface area (Å²) in [5, 5.41) is 0. The lowest BCUT2D eigenvalue weighted by atomic mass is 10.1. The summed E-state index contributed by atoms with van der Waals surface area (Å²) in [4.78, 5) is 0. The van der Waals surface area contributed by atoms with E-state index in [-0.39, 0.29) is 10.3 Å². The van der Waals surface area contributed by atoms with Crippen molar-refractivity contribution < 1.29 is 8.42 Å². The average molecular weight is 296 g/mol. The highest BCUT2D eigenvalue weighted by Crippen LogP contribution is 2.25. The smallest absolute Gasteiger partial charge is 0.208 e. The molecule has 0 aromatic carbocycles. The van der Waals surface area contributed by atoms with Crippen molar-refractivity contribution in [3.8, 4) is 0 Å². The van der Waals surface area contributed by atoms with E-state index in [1.54, 1.807) is 6.07 Å². The van der Waals surface area contributed by atoms with Crippen LogP contribution in [0.1, 0.15) is 33.6 Å². The monoisotopic (exact) mass is 295 g/mol.